The minimum Gasteiger partial charge on any atom is -0.480 e. The Balaban J connectivity index is 2.67. The number of carboxylic acids is 1. The standard InChI is InChI=1S/C14H14F2N2O3/c1-8(7-17)4-12(14(20)21)18-13(19)6-9-2-3-10(15)11(16)5-9/h2-3,5,8,12H,4,6H2,1H3,(H,18,19)(H,20,21)/t8-,12-/m1/s1. The molecule has 2 N–H and O–H groups in total. The van der Waals surface area contributed by atoms with Crippen molar-refractivity contribution < 1.29 is 23.5 Å². The molecular formula is C14H14F2N2O3. The summed E-state index contributed by atoms with van der Waals surface area (Å²) in [7, 11) is 0. The molecule has 0 saturated carbocycles. The predicted molar refractivity (Wildman–Crippen MR) is 69.0 cm³/mol. The Bertz CT molecular complexity index is 584. The maximum absolute atomic E-state index is 13.0. The lowest BCUT2D eigenvalue weighted by atomic mass is 10.0. The summed E-state index contributed by atoms with van der Waals surface area (Å²) in [4.78, 5) is 22.7. The van der Waals surface area contributed by atoms with Gasteiger partial charge in [-0.15, -0.1) is 0 Å². The highest BCUT2D eigenvalue weighted by Crippen LogP contribution is 2.10. The third kappa shape index (κ3) is 5.18. The first-order chi connectivity index (χ1) is 9.83. The van der Waals surface area contributed by atoms with E-state index in [2.05, 4.69) is 5.32 Å². The van der Waals surface area contributed by atoms with Gasteiger partial charge in [0.25, 0.3) is 0 Å². The fourth-order valence-corrected chi connectivity index (χ4v) is 1.71. The lowest BCUT2D eigenvalue weighted by Gasteiger charge is -2.15. The van der Waals surface area contributed by atoms with Crippen LogP contribution in [-0.2, 0) is 16.0 Å². The van der Waals surface area contributed by atoms with Gasteiger partial charge < -0.3 is 10.4 Å². The summed E-state index contributed by atoms with van der Waals surface area (Å²) in [6, 6.07) is 3.70. The Morgan fingerprint density at radius 2 is 2.05 bits per heavy atom. The number of benzene rings is 1. The molecule has 0 radical (unpaired) electrons. The number of nitriles is 1. The summed E-state index contributed by atoms with van der Waals surface area (Å²) in [5, 5.41) is 19.9. The van der Waals surface area contributed by atoms with Crippen LogP contribution in [0.25, 0.3) is 0 Å². The first-order valence-corrected chi connectivity index (χ1v) is 6.19. The Morgan fingerprint density at radius 3 is 2.57 bits per heavy atom. The molecule has 112 valence electrons. The second-order valence-corrected chi connectivity index (χ2v) is 4.65. The lowest BCUT2D eigenvalue weighted by molar-refractivity contribution is -0.142. The molecule has 0 unspecified atom stereocenters. The third-order valence-electron chi connectivity index (χ3n) is 2.79. The van der Waals surface area contributed by atoms with Gasteiger partial charge in [0.15, 0.2) is 11.6 Å². The molecule has 21 heavy (non-hydrogen) atoms. The monoisotopic (exact) mass is 296 g/mol. The van der Waals surface area contributed by atoms with E-state index in [-0.39, 0.29) is 18.4 Å². The highest BCUT2D eigenvalue weighted by Gasteiger charge is 2.22. The Kier molecular flexibility index (Phi) is 5.79. The van der Waals surface area contributed by atoms with Gasteiger partial charge in [0.2, 0.25) is 5.91 Å². The van der Waals surface area contributed by atoms with Crippen molar-refractivity contribution in [2.24, 2.45) is 5.92 Å². The molecule has 0 aliphatic rings. The third-order valence-corrected chi connectivity index (χ3v) is 2.79. The van der Waals surface area contributed by atoms with E-state index >= 15 is 0 Å². The van der Waals surface area contributed by atoms with Crippen LogP contribution in [0, 0.1) is 28.9 Å². The molecule has 0 fully saturated rings. The van der Waals surface area contributed by atoms with Crippen molar-refractivity contribution in [3.63, 3.8) is 0 Å². The zero-order valence-electron chi connectivity index (χ0n) is 11.3. The molecule has 0 heterocycles. The maximum atomic E-state index is 13.0. The van der Waals surface area contributed by atoms with Gasteiger partial charge in [0.1, 0.15) is 6.04 Å². The first-order valence-electron chi connectivity index (χ1n) is 6.19. The van der Waals surface area contributed by atoms with E-state index in [1.54, 1.807) is 0 Å². The Labute approximate surface area is 120 Å². The zero-order chi connectivity index (χ0) is 16.0. The molecule has 7 heteroatoms. The average Bonchev–Trinajstić information content (AvgIpc) is 2.41. The number of carboxylic acid groups (broad SMARTS) is 1. The Hall–Kier alpha value is -2.49. The molecular weight excluding hydrogens is 282 g/mol. The SMILES string of the molecule is C[C@@H](C#N)C[C@@H](NC(=O)Cc1ccc(F)c(F)c1)C(=O)O. The molecule has 0 bridgehead atoms. The summed E-state index contributed by atoms with van der Waals surface area (Å²) in [5.74, 6) is -4.53. The zero-order valence-corrected chi connectivity index (χ0v) is 11.3. The summed E-state index contributed by atoms with van der Waals surface area (Å²) >= 11 is 0. The van der Waals surface area contributed by atoms with Gasteiger partial charge in [-0.25, -0.2) is 13.6 Å². The van der Waals surface area contributed by atoms with Crippen LogP contribution in [0.4, 0.5) is 8.78 Å². The lowest BCUT2D eigenvalue weighted by Crippen LogP contribution is -2.42. The van der Waals surface area contributed by atoms with Gasteiger partial charge in [-0.1, -0.05) is 6.07 Å². The van der Waals surface area contributed by atoms with Crippen LogP contribution in [0.2, 0.25) is 0 Å². The van der Waals surface area contributed by atoms with Gasteiger partial charge in [-0.3, -0.25) is 4.79 Å². The molecule has 0 aliphatic heterocycles. The highest BCUT2D eigenvalue weighted by molar-refractivity contribution is 5.84. The summed E-state index contributed by atoms with van der Waals surface area (Å²) < 4.78 is 25.8. The number of hydrogen-bond donors (Lipinski definition) is 2. The number of rotatable bonds is 6. The van der Waals surface area contributed by atoms with Crippen molar-refractivity contribution in [1.82, 2.24) is 5.32 Å². The van der Waals surface area contributed by atoms with E-state index in [9.17, 15) is 18.4 Å². The van der Waals surface area contributed by atoms with Crippen molar-refractivity contribution >= 4 is 11.9 Å². The molecule has 1 rings (SSSR count). The molecule has 1 amide bonds. The van der Waals surface area contributed by atoms with Gasteiger partial charge in [0.05, 0.1) is 12.5 Å². The molecule has 5 nitrogen and oxygen atoms in total. The van der Waals surface area contributed by atoms with E-state index in [4.69, 9.17) is 10.4 Å². The summed E-state index contributed by atoms with van der Waals surface area (Å²) in [6.45, 7) is 1.54. The smallest absolute Gasteiger partial charge is 0.326 e. The van der Waals surface area contributed by atoms with Crippen LogP contribution < -0.4 is 5.32 Å². The van der Waals surface area contributed by atoms with Crippen LogP contribution in [0.15, 0.2) is 18.2 Å². The first kappa shape index (κ1) is 16.6. The number of halogens is 2. The minimum atomic E-state index is -1.25. The molecule has 2 atom stereocenters. The number of nitrogens with one attached hydrogen (secondary N) is 1. The van der Waals surface area contributed by atoms with Crippen molar-refractivity contribution in [2.45, 2.75) is 25.8 Å². The Morgan fingerprint density at radius 1 is 1.38 bits per heavy atom. The second kappa shape index (κ2) is 7.33. The second-order valence-electron chi connectivity index (χ2n) is 4.65. The quantitative estimate of drug-likeness (QED) is 0.834. The highest BCUT2D eigenvalue weighted by atomic mass is 19.2. The van der Waals surface area contributed by atoms with Gasteiger partial charge >= 0.3 is 5.97 Å². The van der Waals surface area contributed by atoms with E-state index in [1.807, 2.05) is 6.07 Å². The molecule has 0 saturated heterocycles. The molecule has 1 aromatic carbocycles. The number of carbonyl (C=O) groups is 2. The van der Waals surface area contributed by atoms with Crippen LogP contribution in [0.1, 0.15) is 18.9 Å². The predicted octanol–water partition coefficient (Wildman–Crippen LogP) is 1.63. The van der Waals surface area contributed by atoms with Crippen LogP contribution in [0.3, 0.4) is 0 Å². The van der Waals surface area contributed by atoms with Gasteiger partial charge in [-0.05, 0) is 31.0 Å². The van der Waals surface area contributed by atoms with Crippen molar-refractivity contribution in [3.05, 3.63) is 35.4 Å². The van der Waals surface area contributed by atoms with Crippen molar-refractivity contribution in [1.29, 1.82) is 5.26 Å². The van der Waals surface area contributed by atoms with Gasteiger partial charge in [-0.2, -0.15) is 5.26 Å². The number of aliphatic carboxylic acids is 1. The molecule has 0 aliphatic carbocycles. The molecule has 0 aromatic heterocycles. The van der Waals surface area contributed by atoms with Crippen LogP contribution in [-0.4, -0.2) is 23.0 Å². The summed E-state index contributed by atoms with van der Waals surface area (Å²) in [5.41, 5.74) is 0.226. The van der Waals surface area contributed by atoms with Crippen molar-refractivity contribution in [2.75, 3.05) is 0 Å². The van der Waals surface area contributed by atoms with Crippen LogP contribution in [0.5, 0.6) is 0 Å². The van der Waals surface area contributed by atoms with E-state index in [1.165, 1.54) is 13.0 Å². The number of amides is 1. The normalized spacial score (nSPS) is 13.0. The van der Waals surface area contributed by atoms with Crippen molar-refractivity contribution in [3.8, 4) is 6.07 Å². The van der Waals surface area contributed by atoms with Gasteiger partial charge in [0, 0.05) is 5.92 Å². The number of nitrogens with zero attached hydrogens (tertiary/aromatic N) is 1. The molecule has 0 spiro atoms. The van der Waals surface area contributed by atoms with Crippen LogP contribution >= 0.6 is 0 Å². The largest absolute Gasteiger partial charge is 0.480 e. The average molecular weight is 296 g/mol. The minimum absolute atomic E-state index is 0.0324. The summed E-state index contributed by atoms with van der Waals surface area (Å²) in [6.07, 6.45) is -0.308. The number of hydrogen-bond acceptors (Lipinski definition) is 3. The van der Waals surface area contributed by atoms with E-state index < -0.39 is 35.5 Å². The topological polar surface area (TPSA) is 90.2 Å². The fourth-order valence-electron chi connectivity index (χ4n) is 1.71. The fraction of sp³-hybridized carbons (Fsp3) is 0.357. The number of carbonyl (C=O) groups excluding carboxylic acids is 1. The van der Waals surface area contributed by atoms with E-state index in [0.717, 1.165) is 12.1 Å². The maximum Gasteiger partial charge on any atom is 0.326 e. The van der Waals surface area contributed by atoms with E-state index in [0.29, 0.717) is 0 Å². The molecule has 1 aromatic rings.